The molecule has 0 bridgehead atoms. The van der Waals surface area contributed by atoms with E-state index in [2.05, 4.69) is 25.0 Å². The first kappa shape index (κ1) is 29.0. The van der Waals surface area contributed by atoms with E-state index < -0.39 is 15.3 Å². The Morgan fingerprint density at radius 1 is 0.929 bits per heavy atom. The Morgan fingerprint density at radius 2 is 1.55 bits per heavy atom. The summed E-state index contributed by atoms with van der Waals surface area (Å²) in [5.41, 5.74) is 3.34. The van der Waals surface area contributed by atoms with E-state index in [9.17, 15) is 18.0 Å². The van der Waals surface area contributed by atoms with Crippen LogP contribution in [0.15, 0.2) is 101 Å². The number of para-hydroxylation sites is 1. The Bertz CT molecular complexity index is 1710. The van der Waals surface area contributed by atoms with Gasteiger partial charge in [0.25, 0.3) is 10.0 Å². The second-order valence-corrected chi connectivity index (χ2v) is 12.5. The lowest BCUT2D eigenvalue weighted by Gasteiger charge is -2.16. The molecule has 1 fully saturated rings. The summed E-state index contributed by atoms with van der Waals surface area (Å²) in [5, 5.41) is 2.63. The number of aryl methyl sites for hydroxylation is 2. The molecule has 0 spiro atoms. The first-order valence-corrected chi connectivity index (χ1v) is 15.4. The molecule has 1 aliphatic rings. The van der Waals surface area contributed by atoms with Gasteiger partial charge in [0.1, 0.15) is 5.25 Å². The molecule has 1 aromatic heterocycles. The van der Waals surface area contributed by atoms with Gasteiger partial charge in [-0.2, -0.15) is 0 Å². The molecule has 12 heteroatoms. The van der Waals surface area contributed by atoms with E-state index >= 15 is 0 Å². The van der Waals surface area contributed by atoms with Crippen LogP contribution in [0.25, 0.3) is 0 Å². The summed E-state index contributed by atoms with van der Waals surface area (Å²) < 4.78 is 28.0. The quantitative estimate of drug-likeness (QED) is 0.274. The van der Waals surface area contributed by atoms with Crippen molar-refractivity contribution >= 4 is 56.1 Å². The number of amidine groups is 1. The molecule has 214 valence electrons. The van der Waals surface area contributed by atoms with E-state index in [1.165, 1.54) is 36.0 Å². The minimum Gasteiger partial charge on any atom is -0.326 e. The molecule has 1 aliphatic heterocycles. The molecule has 10 nitrogen and oxygen atoms in total. The first-order valence-electron chi connectivity index (χ1n) is 13.1. The van der Waals surface area contributed by atoms with E-state index in [1.54, 1.807) is 24.8 Å². The number of nitrogens with one attached hydrogen (secondary N) is 2. The van der Waals surface area contributed by atoms with Gasteiger partial charge in [-0.25, -0.2) is 28.1 Å². The summed E-state index contributed by atoms with van der Waals surface area (Å²) in [6.45, 7) is 3.84. The smallest absolute Gasteiger partial charge is 0.264 e. The van der Waals surface area contributed by atoms with Gasteiger partial charge in [0, 0.05) is 23.5 Å². The fourth-order valence-corrected chi connectivity index (χ4v) is 6.40. The van der Waals surface area contributed by atoms with Crippen LogP contribution in [-0.4, -0.2) is 45.5 Å². The van der Waals surface area contributed by atoms with Gasteiger partial charge in [-0.1, -0.05) is 60.3 Å². The minimum absolute atomic E-state index is 0.0110. The number of rotatable bonds is 9. The molecule has 1 saturated heterocycles. The number of nitrogens with zero attached hydrogens (tertiary/aromatic N) is 4. The van der Waals surface area contributed by atoms with E-state index in [0.717, 1.165) is 5.56 Å². The van der Waals surface area contributed by atoms with Crippen molar-refractivity contribution in [3.8, 4) is 0 Å². The second-order valence-electron chi connectivity index (χ2n) is 9.60. The zero-order valence-corrected chi connectivity index (χ0v) is 24.5. The van der Waals surface area contributed by atoms with Gasteiger partial charge in [0.05, 0.1) is 17.1 Å². The van der Waals surface area contributed by atoms with Gasteiger partial charge in [0.2, 0.25) is 17.8 Å². The highest BCUT2D eigenvalue weighted by Crippen LogP contribution is 2.33. The van der Waals surface area contributed by atoms with E-state index in [1.807, 2.05) is 60.7 Å². The summed E-state index contributed by atoms with van der Waals surface area (Å²) in [7, 11) is -3.94. The Kier molecular flexibility index (Phi) is 8.64. The molecule has 3 aromatic carbocycles. The number of amides is 2. The molecular formula is C30H28N6O4S2. The van der Waals surface area contributed by atoms with Crippen LogP contribution in [0.5, 0.6) is 0 Å². The molecule has 2 heterocycles. The van der Waals surface area contributed by atoms with Gasteiger partial charge in [0.15, 0.2) is 5.17 Å². The molecule has 2 N–H and O–H groups in total. The third-order valence-electron chi connectivity index (χ3n) is 6.21. The number of hydrogen-bond donors (Lipinski definition) is 2. The molecule has 0 unspecified atom stereocenters. The molecule has 1 atom stereocenters. The maximum atomic E-state index is 13.4. The van der Waals surface area contributed by atoms with Gasteiger partial charge < -0.3 is 5.32 Å². The van der Waals surface area contributed by atoms with Crippen LogP contribution in [0.4, 0.5) is 17.3 Å². The summed E-state index contributed by atoms with van der Waals surface area (Å²) in [4.78, 5) is 40.9. The topological polar surface area (TPSA) is 134 Å². The molecule has 0 aliphatic carbocycles. The standard InChI is InChI=1S/C30H28N6O4S2/c1-20-17-21(2)32-29(31-20)35-42(39,40)25-15-13-24(14-16-25)33-27(37)18-26-28(38)36(19-22-9-5-3-6-10-22)30(41-26)34-23-11-7-4-8-12-23/h3-17,26H,18-19H2,1-2H3,(H,33,37)(H,31,32,35)/t26-/m1/s1. The first-order chi connectivity index (χ1) is 20.2. The number of aromatic nitrogens is 2. The van der Waals surface area contributed by atoms with Crippen LogP contribution >= 0.6 is 11.8 Å². The zero-order chi connectivity index (χ0) is 29.7. The van der Waals surface area contributed by atoms with Gasteiger partial charge in [-0.15, -0.1) is 0 Å². The van der Waals surface area contributed by atoms with Crippen LogP contribution in [0.1, 0.15) is 23.4 Å². The number of hydrogen-bond acceptors (Lipinski definition) is 8. The molecule has 2 amide bonds. The van der Waals surface area contributed by atoms with Crippen LogP contribution in [0.3, 0.4) is 0 Å². The summed E-state index contributed by atoms with van der Waals surface area (Å²) in [5.74, 6) is -0.589. The van der Waals surface area contributed by atoms with Gasteiger partial charge in [-0.05, 0) is 61.9 Å². The predicted octanol–water partition coefficient (Wildman–Crippen LogP) is 5.05. The second kappa shape index (κ2) is 12.5. The SMILES string of the molecule is Cc1cc(C)nc(NS(=O)(=O)c2ccc(NC(=O)C[C@H]3SC(=Nc4ccccc4)N(Cc4ccccc4)C3=O)cc2)n1. The van der Waals surface area contributed by atoms with E-state index in [-0.39, 0.29) is 29.1 Å². The maximum Gasteiger partial charge on any atom is 0.264 e. The van der Waals surface area contributed by atoms with Crippen molar-refractivity contribution in [1.29, 1.82) is 0 Å². The normalized spacial score (nSPS) is 16.0. The average molecular weight is 601 g/mol. The van der Waals surface area contributed by atoms with Crippen LogP contribution < -0.4 is 10.0 Å². The van der Waals surface area contributed by atoms with Gasteiger partial charge in [-0.3, -0.25) is 14.5 Å². The number of carbonyl (C=O) groups excluding carboxylic acids is 2. The zero-order valence-electron chi connectivity index (χ0n) is 22.9. The van der Waals surface area contributed by atoms with E-state index in [4.69, 9.17) is 0 Å². The van der Waals surface area contributed by atoms with Crippen molar-refractivity contribution in [3.05, 3.63) is 108 Å². The van der Waals surface area contributed by atoms with Gasteiger partial charge >= 0.3 is 0 Å². The molecule has 0 radical (unpaired) electrons. The highest BCUT2D eigenvalue weighted by atomic mass is 32.2. The third kappa shape index (κ3) is 7.20. The van der Waals surface area contributed by atoms with Crippen LogP contribution in [-0.2, 0) is 26.2 Å². The van der Waals surface area contributed by atoms with Crippen LogP contribution in [0, 0.1) is 13.8 Å². The fourth-order valence-electron chi connectivity index (χ4n) is 4.30. The molecule has 42 heavy (non-hydrogen) atoms. The highest BCUT2D eigenvalue weighted by molar-refractivity contribution is 8.15. The molecule has 0 saturated carbocycles. The Morgan fingerprint density at radius 3 is 2.19 bits per heavy atom. The van der Waals surface area contributed by atoms with E-state index in [0.29, 0.717) is 34.5 Å². The number of thioether (sulfide) groups is 1. The van der Waals surface area contributed by atoms with Crippen molar-refractivity contribution in [2.24, 2.45) is 4.99 Å². The third-order valence-corrected chi connectivity index (χ3v) is 8.73. The molecule has 5 rings (SSSR count). The van der Waals surface area contributed by atoms with Crippen molar-refractivity contribution in [3.63, 3.8) is 0 Å². The van der Waals surface area contributed by atoms with Crippen LogP contribution in [0.2, 0.25) is 0 Å². The summed E-state index contributed by atoms with van der Waals surface area (Å²) >= 11 is 1.25. The molecular weight excluding hydrogens is 573 g/mol. The monoisotopic (exact) mass is 600 g/mol. The fraction of sp³-hybridized carbons (Fsp3) is 0.167. The lowest BCUT2D eigenvalue weighted by molar-refractivity contribution is -0.128. The maximum absolute atomic E-state index is 13.4. The Balaban J connectivity index is 1.26. The van der Waals surface area contributed by atoms with Crippen molar-refractivity contribution in [2.75, 3.05) is 10.0 Å². The number of anilines is 2. The summed E-state index contributed by atoms with van der Waals surface area (Å²) in [6, 6.07) is 26.4. The number of carbonyl (C=O) groups is 2. The highest BCUT2D eigenvalue weighted by Gasteiger charge is 2.39. The molecule has 4 aromatic rings. The number of aliphatic imine (C=N–C) groups is 1. The Labute approximate surface area is 248 Å². The van der Waals surface area contributed by atoms with Crippen molar-refractivity contribution in [2.45, 2.75) is 37.0 Å². The minimum atomic E-state index is -3.94. The van der Waals surface area contributed by atoms with Crippen molar-refractivity contribution in [1.82, 2.24) is 14.9 Å². The largest absolute Gasteiger partial charge is 0.326 e. The summed E-state index contributed by atoms with van der Waals surface area (Å²) in [6.07, 6.45) is -0.0751. The average Bonchev–Trinajstić information content (AvgIpc) is 3.22. The Hall–Kier alpha value is -4.55. The lowest BCUT2D eigenvalue weighted by Crippen LogP contribution is -2.33. The predicted molar refractivity (Wildman–Crippen MR) is 164 cm³/mol. The number of benzene rings is 3. The van der Waals surface area contributed by atoms with Crippen molar-refractivity contribution < 1.29 is 18.0 Å². The number of sulfonamides is 1. The lowest BCUT2D eigenvalue weighted by atomic mass is 10.2.